The highest BCUT2D eigenvalue weighted by Crippen LogP contribution is 2.39. The summed E-state index contributed by atoms with van der Waals surface area (Å²) < 4.78 is 0. The lowest BCUT2D eigenvalue weighted by Crippen LogP contribution is -2.52. The largest absolute Gasteiger partial charge is 0.548 e. The number of aromatic amines is 1. The topological polar surface area (TPSA) is 106 Å². The van der Waals surface area contributed by atoms with Crippen LogP contribution in [0.2, 0.25) is 0 Å². The number of carbonyl (C=O) groups excluding carboxylic acids is 3. The van der Waals surface area contributed by atoms with Gasteiger partial charge in [-0.25, -0.2) is 4.98 Å². The molecule has 3 rings (SSSR count). The van der Waals surface area contributed by atoms with Crippen LogP contribution in [0.3, 0.4) is 0 Å². The van der Waals surface area contributed by atoms with E-state index in [-0.39, 0.29) is 12.8 Å². The van der Waals surface area contributed by atoms with Crippen molar-refractivity contribution in [2.45, 2.75) is 25.3 Å². The quantitative estimate of drug-likeness (QED) is 0.758. The fourth-order valence-electron chi connectivity index (χ4n) is 3.04. The lowest BCUT2D eigenvalue weighted by molar-refractivity contribution is -0.310. The number of hydrogen-bond acceptors (Lipinski definition) is 5. The lowest BCUT2D eigenvalue weighted by atomic mass is 9.85. The van der Waals surface area contributed by atoms with Crippen molar-refractivity contribution in [3.8, 4) is 0 Å². The summed E-state index contributed by atoms with van der Waals surface area (Å²) in [4.78, 5) is 43.8. The molecular formula is C14H13ClN3O4-. The summed E-state index contributed by atoms with van der Waals surface area (Å²) in [5, 5.41) is 12.0. The van der Waals surface area contributed by atoms with Crippen LogP contribution in [-0.2, 0) is 20.8 Å². The van der Waals surface area contributed by atoms with E-state index in [1.807, 2.05) is 0 Å². The first-order chi connectivity index (χ1) is 10.5. The normalized spacial score (nSPS) is 25.9. The highest BCUT2D eigenvalue weighted by Gasteiger charge is 2.50. The smallest absolute Gasteiger partial charge is 0.234 e. The van der Waals surface area contributed by atoms with Crippen molar-refractivity contribution in [1.82, 2.24) is 14.9 Å². The van der Waals surface area contributed by atoms with E-state index in [4.69, 9.17) is 11.6 Å². The predicted molar refractivity (Wildman–Crippen MR) is 73.1 cm³/mol. The fraction of sp³-hybridized carbons (Fsp3) is 0.429. The number of amides is 2. The van der Waals surface area contributed by atoms with E-state index in [0.29, 0.717) is 17.1 Å². The van der Waals surface area contributed by atoms with E-state index in [2.05, 4.69) is 9.97 Å². The van der Waals surface area contributed by atoms with Crippen LogP contribution in [0.5, 0.6) is 0 Å². The van der Waals surface area contributed by atoms with Gasteiger partial charge in [-0.15, -0.1) is 0 Å². The molecule has 116 valence electrons. The second-order valence-electron chi connectivity index (χ2n) is 5.47. The van der Waals surface area contributed by atoms with Crippen molar-refractivity contribution in [3.05, 3.63) is 29.3 Å². The molecule has 1 saturated heterocycles. The number of halogens is 1. The van der Waals surface area contributed by atoms with Gasteiger partial charge < -0.3 is 14.9 Å². The van der Waals surface area contributed by atoms with Gasteiger partial charge >= 0.3 is 0 Å². The first-order valence-electron chi connectivity index (χ1n) is 6.88. The van der Waals surface area contributed by atoms with Crippen LogP contribution in [0.4, 0.5) is 0 Å². The number of nitrogens with zero attached hydrogens (tertiary/aromatic N) is 2. The van der Waals surface area contributed by atoms with E-state index >= 15 is 0 Å². The Morgan fingerprint density at radius 2 is 2.18 bits per heavy atom. The molecule has 2 heterocycles. The van der Waals surface area contributed by atoms with Gasteiger partial charge in [-0.3, -0.25) is 14.5 Å². The van der Waals surface area contributed by atoms with Crippen molar-refractivity contribution < 1.29 is 19.5 Å². The van der Waals surface area contributed by atoms with Gasteiger partial charge in [0.15, 0.2) is 0 Å². The number of H-pyrrole nitrogens is 1. The predicted octanol–water partition coefficient (Wildman–Crippen LogP) is -0.412. The summed E-state index contributed by atoms with van der Waals surface area (Å²) in [6, 6.07) is -1.34. The molecule has 1 aliphatic heterocycles. The zero-order valence-electron chi connectivity index (χ0n) is 11.5. The number of nitrogens with one attached hydrogen (secondary N) is 1. The number of carboxylic acid groups (broad SMARTS) is 1. The Morgan fingerprint density at radius 1 is 1.45 bits per heavy atom. The molecule has 1 N–H and O–H groups in total. The SMILES string of the molecule is O=C([O-])[C@@H](Cc1cnc[nH]1)N1C(=O)[C@H]2CC=C(Cl)C[C@@H]2C1=O. The molecule has 0 spiro atoms. The molecule has 1 aromatic rings. The summed E-state index contributed by atoms with van der Waals surface area (Å²) in [6.45, 7) is 0. The standard InChI is InChI=1S/C14H14ClN3O4/c15-7-1-2-9-10(3-7)13(20)18(12(9)19)11(14(21)22)4-8-5-16-6-17-8/h1,5-6,9-11H,2-4H2,(H,16,17)(H,21,22)/p-1/t9-,10-,11+/m0/s1. The number of allylic oxidation sites excluding steroid dienone is 2. The minimum absolute atomic E-state index is 0.0551. The van der Waals surface area contributed by atoms with Crippen molar-refractivity contribution in [2.24, 2.45) is 11.8 Å². The van der Waals surface area contributed by atoms with Gasteiger partial charge in [0, 0.05) is 23.3 Å². The Labute approximate surface area is 131 Å². The zero-order chi connectivity index (χ0) is 15.9. The Balaban J connectivity index is 1.87. The summed E-state index contributed by atoms with van der Waals surface area (Å²) in [6.07, 6.45) is 5.14. The summed E-state index contributed by atoms with van der Waals surface area (Å²) in [5.41, 5.74) is 0.515. The minimum atomic E-state index is -1.46. The van der Waals surface area contributed by atoms with Gasteiger partial charge in [0.05, 0.1) is 30.2 Å². The molecule has 2 amide bonds. The van der Waals surface area contributed by atoms with E-state index < -0.39 is 35.7 Å². The van der Waals surface area contributed by atoms with Crippen molar-refractivity contribution >= 4 is 29.4 Å². The van der Waals surface area contributed by atoms with E-state index in [0.717, 1.165) is 4.90 Å². The molecule has 0 radical (unpaired) electrons. The molecule has 0 aromatic carbocycles. The number of carboxylic acids is 1. The van der Waals surface area contributed by atoms with Crippen LogP contribution in [-0.4, -0.2) is 38.7 Å². The molecule has 8 heteroatoms. The van der Waals surface area contributed by atoms with Crippen LogP contribution in [0.1, 0.15) is 18.5 Å². The molecule has 2 aliphatic rings. The third-order valence-electron chi connectivity index (χ3n) is 4.16. The third-order valence-corrected chi connectivity index (χ3v) is 4.46. The summed E-state index contributed by atoms with van der Waals surface area (Å²) >= 11 is 5.94. The lowest BCUT2D eigenvalue weighted by Gasteiger charge is -2.27. The van der Waals surface area contributed by atoms with Gasteiger partial charge in [-0.05, 0) is 12.8 Å². The van der Waals surface area contributed by atoms with Crippen molar-refractivity contribution in [3.63, 3.8) is 0 Å². The van der Waals surface area contributed by atoms with E-state index in [1.54, 1.807) is 6.08 Å². The number of rotatable bonds is 4. The van der Waals surface area contributed by atoms with Gasteiger partial charge in [0.1, 0.15) is 0 Å². The number of likely N-dealkylation sites (tertiary alicyclic amines) is 1. The second-order valence-corrected chi connectivity index (χ2v) is 5.95. The maximum atomic E-state index is 12.5. The number of fused-ring (bicyclic) bond motifs is 1. The molecule has 0 unspecified atom stereocenters. The summed E-state index contributed by atoms with van der Waals surface area (Å²) in [5.74, 6) is -3.53. The van der Waals surface area contributed by atoms with E-state index in [9.17, 15) is 19.5 Å². The Morgan fingerprint density at radius 3 is 2.82 bits per heavy atom. The number of hydrogen-bond donors (Lipinski definition) is 1. The Bertz CT molecular complexity index is 655. The molecular weight excluding hydrogens is 310 g/mol. The van der Waals surface area contributed by atoms with Gasteiger partial charge in [-0.2, -0.15) is 0 Å². The molecule has 22 heavy (non-hydrogen) atoms. The highest BCUT2D eigenvalue weighted by molar-refractivity contribution is 6.30. The van der Waals surface area contributed by atoms with Gasteiger partial charge in [-0.1, -0.05) is 17.7 Å². The zero-order valence-corrected chi connectivity index (χ0v) is 12.2. The van der Waals surface area contributed by atoms with Crippen molar-refractivity contribution in [2.75, 3.05) is 0 Å². The van der Waals surface area contributed by atoms with Crippen molar-refractivity contribution in [1.29, 1.82) is 0 Å². The maximum Gasteiger partial charge on any atom is 0.234 e. The monoisotopic (exact) mass is 322 g/mol. The number of imidazole rings is 1. The molecule has 1 aromatic heterocycles. The fourth-order valence-corrected chi connectivity index (χ4v) is 3.30. The minimum Gasteiger partial charge on any atom is -0.548 e. The average Bonchev–Trinajstić information content (AvgIpc) is 3.05. The number of carbonyl (C=O) groups is 3. The van der Waals surface area contributed by atoms with E-state index in [1.165, 1.54) is 12.5 Å². The number of aliphatic carboxylic acids is 1. The van der Waals surface area contributed by atoms with Crippen LogP contribution >= 0.6 is 11.6 Å². The second kappa shape index (κ2) is 5.57. The molecule has 1 aliphatic carbocycles. The Hall–Kier alpha value is -2.15. The highest BCUT2D eigenvalue weighted by atomic mass is 35.5. The van der Waals surface area contributed by atoms with Crippen LogP contribution in [0.25, 0.3) is 0 Å². The Kier molecular flexibility index (Phi) is 3.74. The maximum absolute atomic E-state index is 12.5. The molecule has 3 atom stereocenters. The van der Waals surface area contributed by atoms with Gasteiger partial charge in [0.25, 0.3) is 0 Å². The number of imide groups is 1. The first kappa shape index (κ1) is 14.8. The summed E-state index contributed by atoms with van der Waals surface area (Å²) in [7, 11) is 0. The first-order valence-corrected chi connectivity index (χ1v) is 7.26. The molecule has 0 bridgehead atoms. The average molecular weight is 323 g/mol. The third kappa shape index (κ3) is 2.41. The van der Waals surface area contributed by atoms with Crippen LogP contribution in [0, 0.1) is 11.8 Å². The van der Waals surface area contributed by atoms with Gasteiger partial charge in [0.2, 0.25) is 11.8 Å². The molecule has 7 nitrogen and oxygen atoms in total. The number of aromatic nitrogens is 2. The molecule has 0 saturated carbocycles. The van der Waals surface area contributed by atoms with Crippen LogP contribution < -0.4 is 5.11 Å². The molecule has 1 fully saturated rings. The van der Waals surface area contributed by atoms with Crippen LogP contribution in [0.15, 0.2) is 23.6 Å².